The zero-order chi connectivity index (χ0) is 19.6. The van der Waals surface area contributed by atoms with Crippen molar-refractivity contribution in [2.24, 2.45) is 0 Å². The standard InChI is InChI=1S/C22H17N7/c23-12-16-11-17-19(27-16)2-1-3-20(17)28-22-25-9-7-21(29-22)26-13-14-4-5-18-15(10-14)6-8-24-18/h1-11,24,27H,13H2,(H2,25,26,28,29). The SMILES string of the molecule is N#Cc1cc2c(Nc3nccc(NCc4ccc5[nH]ccc5c4)n3)cccc2[nH]1. The van der Waals surface area contributed by atoms with Crippen molar-refractivity contribution in [2.45, 2.75) is 6.54 Å². The summed E-state index contributed by atoms with van der Waals surface area (Å²) < 4.78 is 0. The number of H-pyrrole nitrogens is 2. The quantitative estimate of drug-likeness (QED) is 0.355. The van der Waals surface area contributed by atoms with Crippen LogP contribution in [0.15, 0.2) is 67.0 Å². The summed E-state index contributed by atoms with van der Waals surface area (Å²) in [5.41, 5.74) is 4.55. The molecule has 0 aliphatic heterocycles. The monoisotopic (exact) mass is 379 g/mol. The Bertz CT molecular complexity index is 1360. The molecule has 0 unspecified atom stereocenters. The average Bonchev–Trinajstić information content (AvgIpc) is 3.39. The minimum absolute atomic E-state index is 0.489. The lowest BCUT2D eigenvalue weighted by molar-refractivity contribution is 1.09. The minimum atomic E-state index is 0.489. The van der Waals surface area contributed by atoms with Crippen LogP contribution >= 0.6 is 0 Å². The molecule has 0 amide bonds. The number of aromatic amines is 2. The van der Waals surface area contributed by atoms with Gasteiger partial charge in [-0.15, -0.1) is 0 Å². The first-order valence-electron chi connectivity index (χ1n) is 9.20. The molecule has 4 N–H and O–H groups in total. The zero-order valence-corrected chi connectivity index (χ0v) is 15.4. The van der Waals surface area contributed by atoms with Gasteiger partial charge in [-0.1, -0.05) is 12.1 Å². The molecule has 3 aromatic heterocycles. The minimum Gasteiger partial charge on any atom is -0.366 e. The number of nitrogens with zero attached hydrogens (tertiary/aromatic N) is 3. The van der Waals surface area contributed by atoms with Crippen LogP contribution in [0, 0.1) is 11.3 Å². The summed E-state index contributed by atoms with van der Waals surface area (Å²) in [6, 6.07) is 20.0. The Kier molecular flexibility index (Phi) is 4.07. The number of anilines is 3. The molecule has 5 rings (SSSR count). The predicted octanol–water partition coefficient (Wildman–Crippen LogP) is 4.67. The summed E-state index contributed by atoms with van der Waals surface area (Å²) in [6.07, 6.45) is 3.65. The van der Waals surface area contributed by atoms with E-state index < -0.39 is 0 Å². The first-order valence-corrected chi connectivity index (χ1v) is 9.20. The van der Waals surface area contributed by atoms with Gasteiger partial charge in [0.05, 0.1) is 5.69 Å². The van der Waals surface area contributed by atoms with Crippen LogP contribution < -0.4 is 10.6 Å². The van der Waals surface area contributed by atoms with Gasteiger partial charge in [0.15, 0.2) is 0 Å². The van der Waals surface area contributed by atoms with Crippen molar-refractivity contribution in [2.75, 3.05) is 10.6 Å². The predicted molar refractivity (Wildman–Crippen MR) is 114 cm³/mol. The molecule has 0 bridgehead atoms. The molecule has 140 valence electrons. The summed E-state index contributed by atoms with van der Waals surface area (Å²) in [4.78, 5) is 15.1. The number of hydrogen-bond donors (Lipinski definition) is 4. The molecule has 7 heteroatoms. The second kappa shape index (κ2) is 7.02. The third kappa shape index (κ3) is 3.35. The molecule has 0 saturated carbocycles. The Morgan fingerprint density at radius 3 is 2.93 bits per heavy atom. The van der Waals surface area contributed by atoms with E-state index in [1.807, 2.05) is 36.5 Å². The van der Waals surface area contributed by atoms with Crippen LogP contribution in [0.2, 0.25) is 0 Å². The lowest BCUT2D eigenvalue weighted by Gasteiger charge is -2.09. The fourth-order valence-corrected chi connectivity index (χ4v) is 3.37. The summed E-state index contributed by atoms with van der Waals surface area (Å²) in [5, 5.41) is 17.8. The van der Waals surface area contributed by atoms with Crippen LogP contribution in [-0.4, -0.2) is 19.9 Å². The van der Waals surface area contributed by atoms with E-state index >= 15 is 0 Å². The van der Waals surface area contributed by atoms with E-state index in [9.17, 15) is 0 Å². The van der Waals surface area contributed by atoms with Crippen molar-refractivity contribution >= 4 is 39.3 Å². The molecule has 0 radical (unpaired) electrons. The number of benzene rings is 2. The number of hydrogen-bond acceptors (Lipinski definition) is 5. The van der Waals surface area contributed by atoms with Gasteiger partial charge in [0.25, 0.3) is 0 Å². The molecular weight excluding hydrogens is 362 g/mol. The highest BCUT2D eigenvalue weighted by Gasteiger charge is 2.07. The highest BCUT2D eigenvalue weighted by molar-refractivity contribution is 5.94. The zero-order valence-electron chi connectivity index (χ0n) is 15.4. The number of rotatable bonds is 5. The van der Waals surface area contributed by atoms with E-state index in [0.717, 1.165) is 27.9 Å². The number of nitrogens with one attached hydrogen (secondary N) is 4. The Morgan fingerprint density at radius 2 is 2.00 bits per heavy atom. The summed E-state index contributed by atoms with van der Waals surface area (Å²) in [6.45, 7) is 0.663. The van der Waals surface area contributed by atoms with Gasteiger partial charge in [0, 0.05) is 35.4 Å². The normalized spacial score (nSPS) is 10.9. The topological polar surface area (TPSA) is 105 Å². The number of nitriles is 1. The molecule has 0 aliphatic rings. The lowest BCUT2D eigenvalue weighted by atomic mass is 10.1. The third-order valence-electron chi connectivity index (χ3n) is 4.78. The third-order valence-corrected chi connectivity index (χ3v) is 4.78. The van der Waals surface area contributed by atoms with E-state index in [4.69, 9.17) is 5.26 Å². The molecule has 3 heterocycles. The van der Waals surface area contributed by atoms with Crippen molar-refractivity contribution in [1.82, 2.24) is 19.9 Å². The van der Waals surface area contributed by atoms with Crippen molar-refractivity contribution in [3.63, 3.8) is 0 Å². The van der Waals surface area contributed by atoms with Crippen LogP contribution in [0.3, 0.4) is 0 Å². The van der Waals surface area contributed by atoms with Gasteiger partial charge in [-0.2, -0.15) is 10.2 Å². The Labute approximate surface area is 166 Å². The molecule has 0 fully saturated rings. The van der Waals surface area contributed by atoms with Crippen molar-refractivity contribution in [3.05, 3.63) is 78.2 Å². The molecule has 0 saturated heterocycles. The van der Waals surface area contributed by atoms with Crippen molar-refractivity contribution < 1.29 is 0 Å². The fourth-order valence-electron chi connectivity index (χ4n) is 3.37. The molecule has 0 atom stereocenters. The number of aromatic nitrogens is 4. The van der Waals surface area contributed by atoms with Gasteiger partial charge in [0.1, 0.15) is 17.6 Å². The van der Waals surface area contributed by atoms with Crippen LogP contribution in [0.4, 0.5) is 17.5 Å². The van der Waals surface area contributed by atoms with Gasteiger partial charge in [-0.05, 0) is 53.4 Å². The largest absolute Gasteiger partial charge is 0.366 e. The highest BCUT2D eigenvalue weighted by atomic mass is 15.1. The molecule has 29 heavy (non-hydrogen) atoms. The van der Waals surface area contributed by atoms with Crippen LogP contribution in [0.25, 0.3) is 21.8 Å². The smallest absolute Gasteiger partial charge is 0.229 e. The van der Waals surface area contributed by atoms with Crippen LogP contribution in [0.5, 0.6) is 0 Å². The van der Waals surface area contributed by atoms with Gasteiger partial charge >= 0.3 is 0 Å². The maximum atomic E-state index is 9.12. The Hall–Kier alpha value is -4.31. The Balaban J connectivity index is 1.34. The maximum Gasteiger partial charge on any atom is 0.229 e. The fraction of sp³-hybridized carbons (Fsp3) is 0.0455. The van der Waals surface area contributed by atoms with Gasteiger partial charge in [-0.3, -0.25) is 0 Å². The molecule has 0 spiro atoms. The molecule has 2 aromatic carbocycles. The average molecular weight is 379 g/mol. The Morgan fingerprint density at radius 1 is 1.03 bits per heavy atom. The summed E-state index contributed by atoms with van der Waals surface area (Å²) >= 11 is 0. The molecule has 0 aliphatic carbocycles. The molecular formula is C22H17N7. The van der Waals surface area contributed by atoms with E-state index in [1.165, 1.54) is 10.9 Å². The van der Waals surface area contributed by atoms with E-state index in [1.54, 1.807) is 6.20 Å². The highest BCUT2D eigenvalue weighted by Crippen LogP contribution is 2.26. The first kappa shape index (κ1) is 16.8. The van der Waals surface area contributed by atoms with Crippen LogP contribution in [-0.2, 0) is 6.54 Å². The summed E-state index contributed by atoms with van der Waals surface area (Å²) in [7, 11) is 0. The van der Waals surface area contributed by atoms with Gasteiger partial charge in [-0.25, -0.2) is 4.98 Å². The van der Waals surface area contributed by atoms with Gasteiger partial charge in [0.2, 0.25) is 5.95 Å². The molecule has 5 aromatic rings. The second-order valence-corrected chi connectivity index (χ2v) is 6.70. The van der Waals surface area contributed by atoms with Gasteiger partial charge < -0.3 is 20.6 Å². The van der Waals surface area contributed by atoms with E-state index in [0.29, 0.717) is 18.2 Å². The number of fused-ring (bicyclic) bond motifs is 2. The first-order chi connectivity index (χ1) is 14.3. The lowest BCUT2D eigenvalue weighted by Crippen LogP contribution is -2.04. The van der Waals surface area contributed by atoms with E-state index in [2.05, 4.69) is 60.9 Å². The molecule has 7 nitrogen and oxygen atoms in total. The van der Waals surface area contributed by atoms with E-state index in [-0.39, 0.29) is 0 Å². The van der Waals surface area contributed by atoms with Crippen molar-refractivity contribution in [1.29, 1.82) is 5.26 Å². The maximum absolute atomic E-state index is 9.12. The second-order valence-electron chi connectivity index (χ2n) is 6.70. The van der Waals surface area contributed by atoms with Crippen molar-refractivity contribution in [3.8, 4) is 6.07 Å². The summed E-state index contributed by atoms with van der Waals surface area (Å²) in [5.74, 6) is 1.22. The van der Waals surface area contributed by atoms with Crippen LogP contribution in [0.1, 0.15) is 11.3 Å².